The van der Waals surface area contributed by atoms with E-state index in [1.165, 1.54) is 6.07 Å². The van der Waals surface area contributed by atoms with E-state index in [2.05, 4.69) is 9.71 Å². The van der Waals surface area contributed by atoms with Gasteiger partial charge in [0, 0.05) is 6.20 Å². The molecule has 0 aliphatic carbocycles. The Kier molecular flexibility index (Phi) is 4.03. The van der Waals surface area contributed by atoms with Gasteiger partial charge in [0.15, 0.2) is 0 Å². The van der Waals surface area contributed by atoms with Gasteiger partial charge in [0.2, 0.25) is 0 Å². The molecule has 0 saturated heterocycles. The first kappa shape index (κ1) is 14.8. The minimum absolute atomic E-state index is 0.0185. The molecule has 0 aliphatic rings. The Morgan fingerprint density at radius 1 is 1.20 bits per heavy atom. The van der Waals surface area contributed by atoms with Crippen LogP contribution in [0.25, 0.3) is 0 Å². The highest BCUT2D eigenvalue weighted by atomic mass is 35.5. The van der Waals surface area contributed by atoms with Crippen molar-refractivity contribution in [3.63, 3.8) is 0 Å². The molecule has 0 radical (unpaired) electrons. The zero-order chi connectivity index (χ0) is 14.9. The summed E-state index contributed by atoms with van der Waals surface area (Å²) in [5.74, 6) is -0.623. The van der Waals surface area contributed by atoms with Crippen LogP contribution >= 0.6 is 23.2 Å². The number of nitrogens with zero attached hydrogens (tertiary/aromatic N) is 1. The number of rotatable bonds is 3. The van der Waals surface area contributed by atoms with Crippen LogP contribution in [0, 0.1) is 5.82 Å². The molecule has 0 saturated carbocycles. The predicted molar refractivity (Wildman–Crippen MR) is 75.9 cm³/mol. The molecule has 1 heterocycles. The van der Waals surface area contributed by atoms with Crippen molar-refractivity contribution in [1.29, 1.82) is 0 Å². The maximum atomic E-state index is 13.0. The van der Waals surface area contributed by atoms with Gasteiger partial charge in [0.05, 0.1) is 15.7 Å². The number of nitrogens with one attached hydrogen (secondary N) is 1. The highest BCUT2D eigenvalue weighted by molar-refractivity contribution is 7.92. The Hall–Kier alpha value is -1.57. The first-order valence-electron chi connectivity index (χ1n) is 5.18. The van der Waals surface area contributed by atoms with Crippen LogP contribution in [0.1, 0.15) is 0 Å². The highest BCUT2D eigenvalue weighted by Crippen LogP contribution is 2.24. The van der Waals surface area contributed by atoms with E-state index < -0.39 is 15.8 Å². The van der Waals surface area contributed by atoms with Crippen LogP contribution in [-0.2, 0) is 10.0 Å². The van der Waals surface area contributed by atoms with Crippen molar-refractivity contribution in [3.8, 4) is 0 Å². The number of anilines is 2. The number of hydrogen-bond acceptors (Lipinski definition) is 4. The maximum Gasteiger partial charge on any atom is 0.263 e. The van der Waals surface area contributed by atoms with E-state index in [0.29, 0.717) is 0 Å². The molecule has 2 aromatic rings. The molecule has 5 nitrogen and oxygen atoms in total. The van der Waals surface area contributed by atoms with Gasteiger partial charge in [-0.25, -0.2) is 17.8 Å². The van der Waals surface area contributed by atoms with Gasteiger partial charge in [0.25, 0.3) is 10.0 Å². The Bertz CT molecular complexity index is 768. The van der Waals surface area contributed by atoms with E-state index in [9.17, 15) is 12.8 Å². The minimum Gasteiger partial charge on any atom is -0.382 e. The lowest BCUT2D eigenvalue weighted by molar-refractivity contribution is 0.600. The zero-order valence-corrected chi connectivity index (χ0v) is 12.1. The van der Waals surface area contributed by atoms with E-state index in [1.807, 2.05) is 0 Å². The lowest BCUT2D eigenvalue weighted by atomic mass is 10.3. The molecule has 0 spiro atoms. The Labute approximate surface area is 124 Å². The lowest BCUT2D eigenvalue weighted by Gasteiger charge is -2.09. The molecule has 9 heteroatoms. The van der Waals surface area contributed by atoms with Crippen LogP contribution in [0.5, 0.6) is 0 Å². The van der Waals surface area contributed by atoms with Crippen molar-refractivity contribution < 1.29 is 12.8 Å². The topological polar surface area (TPSA) is 85.1 Å². The summed E-state index contributed by atoms with van der Waals surface area (Å²) in [7, 11) is -3.92. The largest absolute Gasteiger partial charge is 0.382 e. The molecule has 0 atom stereocenters. The molecule has 1 aromatic carbocycles. The van der Waals surface area contributed by atoms with Crippen molar-refractivity contribution in [3.05, 3.63) is 46.3 Å². The summed E-state index contributed by atoms with van der Waals surface area (Å²) in [4.78, 5) is 3.49. The molecular formula is C11H8Cl2FN3O2S. The first-order valence-corrected chi connectivity index (χ1v) is 7.42. The normalized spacial score (nSPS) is 11.3. The monoisotopic (exact) mass is 335 g/mol. The van der Waals surface area contributed by atoms with E-state index in [-0.39, 0.29) is 26.4 Å². The second kappa shape index (κ2) is 5.43. The van der Waals surface area contributed by atoms with Crippen LogP contribution in [0.15, 0.2) is 35.4 Å². The van der Waals surface area contributed by atoms with E-state index in [0.717, 1.165) is 24.4 Å². The van der Waals surface area contributed by atoms with Gasteiger partial charge in [-0.3, -0.25) is 4.72 Å². The molecule has 106 valence electrons. The number of halogens is 3. The zero-order valence-electron chi connectivity index (χ0n) is 9.77. The predicted octanol–water partition coefficient (Wildman–Crippen LogP) is 2.91. The van der Waals surface area contributed by atoms with Crippen LogP contribution in [-0.4, -0.2) is 13.4 Å². The smallest absolute Gasteiger partial charge is 0.263 e. The first-order chi connectivity index (χ1) is 9.29. The summed E-state index contributed by atoms with van der Waals surface area (Å²) in [6.07, 6.45) is 1.06. The average Bonchev–Trinajstić information content (AvgIpc) is 2.37. The third-order valence-electron chi connectivity index (χ3n) is 2.33. The summed E-state index contributed by atoms with van der Waals surface area (Å²) >= 11 is 11.3. The average molecular weight is 336 g/mol. The molecule has 3 N–H and O–H groups in total. The second-order valence-electron chi connectivity index (χ2n) is 3.77. The number of aromatic nitrogens is 1. The highest BCUT2D eigenvalue weighted by Gasteiger charge is 2.17. The molecule has 1 aromatic heterocycles. The van der Waals surface area contributed by atoms with Gasteiger partial charge in [-0.1, -0.05) is 23.2 Å². The molecule has 0 fully saturated rings. The minimum atomic E-state index is -3.92. The summed E-state index contributed by atoms with van der Waals surface area (Å²) in [6.45, 7) is 0. The van der Waals surface area contributed by atoms with Gasteiger partial charge in [-0.05, 0) is 24.3 Å². The molecule has 20 heavy (non-hydrogen) atoms. The van der Waals surface area contributed by atoms with Gasteiger partial charge in [-0.2, -0.15) is 0 Å². The summed E-state index contributed by atoms with van der Waals surface area (Å²) in [5.41, 5.74) is 5.52. The molecular weight excluding hydrogens is 328 g/mol. The van der Waals surface area contributed by atoms with E-state index >= 15 is 0 Å². The van der Waals surface area contributed by atoms with E-state index in [4.69, 9.17) is 28.9 Å². The quantitative estimate of drug-likeness (QED) is 0.902. The van der Waals surface area contributed by atoms with Crippen molar-refractivity contribution in [2.24, 2.45) is 0 Å². The number of nitrogen functional groups attached to an aromatic ring is 1. The molecule has 0 unspecified atom stereocenters. The van der Waals surface area contributed by atoms with Crippen LogP contribution < -0.4 is 10.5 Å². The standard InChI is InChI=1S/C11H8Cl2FN3O2S/c12-8-3-6(1-2-10(8)14)17-20(18,19)7-4-9(13)11(15)16-5-7/h1-5,17H,(H2,15,16). The number of sulfonamides is 1. The van der Waals surface area contributed by atoms with Crippen molar-refractivity contribution in [1.82, 2.24) is 4.98 Å². The molecule has 0 bridgehead atoms. The van der Waals surface area contributed by atoms with Gasteiger partial charge < -0.3 is 5.73 Å². The summed E-state index contributed by atoms with van der Waals surface area (Å²) in [5, 5.41) is -0.177. The van der Waals surface area contributed by atoms with Gasteiger partial charge >= 0.3 is 0 Å². The molecule has 2 rings (SSSR count). The van der Waals surface area contributed by atoms with E-state index in [1.54, 1.807) is 0 Å². The SMILES string of the molecule is Nc1ncc(S(=O)(=O)Nc2ccc(F)c(Cl)c2)cc1Cl. The fraction of sp³-hybridized carbons (Fsp3) is 0. The molecule has 0 aliphatic heterocycles. The van der Waals surface area contributed by atoms with Crippen molar-refractivity contribution in [2.45, 2.75) is 4.90 Å². The second-order valence-corrected chi connectivity index (χ2v) is 6.27. The lowest BCUT2D eigenvalue weighted by Crippen LogP contribution is -2.13. The van der Waals surface area contributed by atoms with Crippen LogP contribution in [0.4, 0.5) is 15.9 Å². The fourth-order valence-corrected chi connectivity index (χ4v) is 2.78. The number of nitrogens with two attached hydrogens (primary N) is 1. The van der Waals surface area contributed by atoms with Crippen LogP contribution in [0.2, 0.25) is 10.0 Å². The Morgan fingerprint density at radius 2 is 1.90 bits per heavy atom. The van der Waals surface area contributed by atoms with Gasteiger partial charge in [-0.15, -0.1) is 0 Å². The molecule has 0 amide bonds. The Morgan fingerprint density at radius 3 is 2.50 bits per heavy atom. The number of hydrogen-bond donors (Lipinski definition) is 2. The third kappa shape index (κ3) is 3.12. The summed E-state index contributed by atoms with van der Waals surface area (Å²) in [6, 6.07) is 4.61. The van der Waals surface area contributed by atoms with Crippen molar-refractivity contribution in [2.75, 3.05) is 10.5 Å². The van der Waals surface area contributed by atoms with Gasteiger partial charge in [0.1, 0.15) is 16.5 Å². The summed E-state index contributed by atoms with van der Waals surface area (Å²) < 4.78 is 39.4. The number of benzene rings is 1. The van der Waals surface area contributed by atoms with Crippen molar-refractivity contribution >= 4 is 44.7 Å². The third-order valence-corrected chi connectivity index (χ3v) is 4.27. The Balaban J connectivity index is 2.35. The van der Waals surface area contributed by atoms with Crippen LogP contribution in [0.3, 0.4) is 0 Å². The fourth-order valence-electron chi connectivity index (χ4n) is 1.35. The number of pyridine rings is 1. The maximum absolute atomic E-state index is 13.0.